The standard InChI is InChI=1S/C28H35ClFN3O2/c1-20(2)16-22(34)19-33-27-11-9-23(35-15-7-6-14-32-12-4-3-5-13-32)18-26(27)31-28(33)21-8-10-25(30)24(29)17-21/h8-11,17-18,20H,3-7,12-16,19H2,1-2H3. The highest BCUT2D eigenvalue weighted by Gasteiger charge is 2.18. The minimum absolute atomic E-state index is 0.0307. The van der Waals surface area contributed by atoms with Crippen molar-refractivity contribution in [3.05, 3.63) is 47.2 Å². The highest BCUT2D eigenvalue weighted by Crippen LogP contribution is 2.30. The average Bonchev–Trinajstić information content (AvgIpc) is 3.18. The molecule has 1 aliphatic rings. The molecule has 188 valence electrons. The molecule has 7 heteroatoms. The number of piperidine rings is 1. The SMILES string of the molecule is CC(C)CC(=O)Cn1c(-c2ccc(F)c(Cl)c2)nc2cc(OCCCCN3CCCCC3)ccc21. The van der Waals surface area contributed by atoms with Crippen molar-refractivity contribution < 1.29 is 13.9 Å². The first-order chi connectivity index (χ1) is 16.9. The second kappa shape index (κ2) is 12.0. The lowest BCUT2D eigenvalue weighted by Crippen LogP contribution is -2.30. The third-order valence-corrected chi connectivity index (χ3v) is 6.74. The number of hydrogen-bond acceptors (Lipinski definition) is 4. The summed E-state index contributed by atoms with van der Waals surface area (Å²) < 4.78 is 21.7. The fraction of sp³-hybridized carbons (Fsp3) is 0.500. The molecule has 4 rings (SSSR count). The van der Waals surface area contributed by atoms with E-state index in [1.165, 1.54) is 38.4 Å². The molecule has 0 unspecified atom stereocenters. The number of ether oxygens (including phenoxy) is 1. The van der Waals surface area contributed by atoms with Gasteiger partial charge in [0.15, 0.2) is 5.78 Å². The number of halogens is 2. The van der Waals surface area contributed by atoms with Crippen LogP contribution in [0.5, 0.6) is 5.75 Å². The van der Waals surface area contributed by atoms with Crippen LogP contribution in [0.3, 0.4) is 0 Å². The van der Waals surface area contributed by atoms with Gasteiger partial charge in [-0.05, 0) is 81.6 Å². The molecule has 0 bridgehead atoms. The van der Waals surface area contributed by atoms with Crippen LogP contribution in [0.4, 0.5) is 4.39 Å². The summed E-state index contributed by atoms with van der Waals surface area (Å²) >= 11 is 6.05. The molecule has 1 aromatic heterocycles. The molecule has 5 nitrogen and oxygen atoms in total. The van der Waals surface area contributed by atoms with E-state index in [0.29, 0.717) is 24.4 Å². The van der Waals surface area contributed by atoms with Crippen molar-refractivity contribution in [3.63, 3.8) is 0 Å². The van der Waals surface area contributed by atoms with Crippen LogP contribution in [0.25, 0.3) is 22.4 Å². The van der Waals surface area contributed by atoms with Crippen LogP contribution in [0.2, 0.25) is 5.02 Å². The lowest BCUT2D eigenvalue weighted by Gasteiger charge is -2.26. The molecule has 3 aromatic rings. The van der Waals surface area contributed by atoms with Crippen molar-refractivity contribution >= 4 is 28.4 Å². The fourth-order valence-corrected chi connectivity index (χ4v) is 4.90. The summed E-state index contributed by atoms with van der Waals surface area (Å²) in [4.78, 5) is 20.0. The van der Waals surface area contributed by atoms with Gasteiger partial charge in [-0.15, -0.1) is 0 Å². The van der Waals surface area contributed by atoms with E-state index in [2.05, 4.69) is 4.90 Å². The van der Waals surface area contributed by atoms with E-state index in [0.717, 1.165) is 36.2 Å². The Morgan fingerprint density at radius 3 is 2.66 bits per heavy atom. The number of imidazole rings is 1. The molecule has 0 aliphatic carbocycles. The minimum atomic E-state index is -0.482. The van der Waals surface area contributed by atoms with Crippen molar-refractivity contribution in [1.82, 2.24) is 14.5 Å². The molecule has 1 saturated heterocycles. The number of ketones is 1. The Balaban J connectivity index is 1.49. The van der Waals surface area contributed by atoms with Gasteiger partial charge < -0.3 is 14.2 Å². The highest BCUT2D eigenvalue weighted by molar-refractivity contribution is 6.31. The van der Waals surface area contributed by atoms with Gasteiger partial charge in [-0.2, -0.15) is 0 Å². The van der Waals surface area contributed by atoms with Gasteiger partial charge in [-0.1, -0.05) is 31.9 Å². The van der Waals surface area contributed by atoms with Gasteiger partial charge in [0, 0.05) is 18.1 Å². The molecule has 1 aliphatic heterocycles. The Bertz CT molecular complexity index is 1150. The van der Waals surface area contributed by atoms with Crippen LogP contribution in [0.15, 0.2) is 36.4 Å². The molecule has 0 N–H and O–H groups in total. The van der Waals surface area contributed by atoms with E-state index >= 15 is 0 Å². The molecular weight excluding hydrogens is 465 g/mol. The summed E-state index contributed by atoms with van der Waals surface area (Å²) in [6.45, 7) is 8.51. The lowest BCUT2D eigenvalue weighted by atomic mass is 10.1. The third-order valence-electron chi connectivity index (χ3n) is 6.45. The maximum absolute atomic E-state index is 13.8. The number of Topliss-reactive ketones (excluding diaryl/α,β-unsaturated/α-hetero) is 1. The van der Waals surface area contributed by atoms with Gasteiger partial charge in [0.1, 0.15) is 17.4 Å². The monoisotopic (exact) mass is 499 g/mol. The Hall–Kier alpha value is -2.44. The number of carbonyl (C=O) groups is 1. The summed E-state index contributed by atoms with van der Waals surface area (Å²) in [5.74, 6) is 1.28. The third kappa shape index (κ3) is 6.83. The Labute approximate surface area is 212 Å². The zero-order valence-corrected chi connectivity index (χ0v) is 21.5. The maximum Gasteiger partial charge on any atom is 0.152 e. The van der Waals surface area contributed by atoms with Crippen molar-refractivity contribution in [1.29, 1.82) is 0 Å². The number of aromatic nitrogens is 2. The number of hydrogen-bond donors (Lipinski definition) is 0. The second-order valence-corrected chi connectivity index (χ2v) is 10.3. The van der Waals surface area contributed by atoms with Crippen molar-refractivity contribution in [2.24, 2.45) is 5.92 Å². The van der Waals surface area contributed by atoms with Gasteiger partial charge in [0.25, 0.3) is 0 Å². The zero-order chi connectivity index (χ0) is 24.8. The van der Waals surface area contributed by atoms with Crippen LogP contribution >= 0.6 is 11.6 Å². The molecular formula is C28H35ClFN3O2. The second-order valence-electron chi connectivity index (χ2n) is 9.90. The molecule has 0 spiro atoms. The van der Waals surface area contributed by atoms with E-state index in [9.17, 15) is 9.18 Å². The normalized spacial score (nSPS) is 14.7. The summed E-state index contributed by atoms with van der Waals surface area (Å²) in [6, 6.07) is 10.3. The van der Waals surface area contributed by atoms with Crippen molar-refractivity contribution in [3.8, 4) is 17.1 Å². The van der Waals surface area contributed by atoms with E-state index in [-0.39, 0.29) is 23.3 Å². The summed E-state index contributed by atoms with van der Waals surface area (Å²) in [5, 5.41) is 0.0307. The quantitative estimate of drug-likeness (QED) is 0.273. The maximum atomic E-state index is 13.8. The van der Waals surface area contributed by atoms with Crippen LogP contribution in [-0.2, 0) is 11.3 Å². The molecule has 35 heavy (non-hydrogen) atoms. The minimum Gasteiger partial charge on any atom is -0.494 e. The number of unbranched alkanes of at least 4 members (excludes halogenated alkanes) is 1. The number of rotatable bonds is 11. The first-order valence-corrected chi connectivity index (χ1v) is 13.1. The van der Waals surface area contributed by atoms with E-state index < -0.39 is 5.82 Å². The molecule has 0 radical (unpaired) electrons. The van der Waals surface area contributed by atoms with Crippen LogP contribution in [0.1, 0.15) is 52.4 Å². The Morgan fingerprint density at radius 2 is 1.91 bits per heavy atom. The van der Waals surface area contributed by atoms with E-state index in [1.54, 1.807) is 12.1 Å². The van der Waals surface area contributed by atoms with Gasteiger partial charge in [-0.25, -0.2) is 9.37 Å². The molecule has 2 aromatic carbocycles. The summed E-state index contributed by atoms with van der Waals surface area (Å²) in [7, 11) is 0. The summed E-state index contributed by atoms with van der Waals surface area (Å²) in [5.41, 5.74) is 2.25. The number of likely N-dealkylation sites (tertiary alicyclic amines) is 1. The van der Waals surface area contributed by atoms with Gasteiger partial charge in [0.05, 0.1) is 29.2 Å². The average molecular weight is 500 g/mol. The van der Waals surface area contributed by atoms with Crippen molar-refractivity contribution in [2.45, 2.75) is 58.9 Å². The summed E-state index contributed by atoms with van der Waals surface area (Å²) in [6.07, 6.45) is 6.62. The van der Waals surface area contributed by atoms with Gasteiger partial charge in [-0.3, -0.25) is 4.79 Å². The lowest BCUT2D eigenvalue weighted by molar-refractivity contribution is -0.120. The number of benzene rings is 2. The van der Waals surface area contributed by atoms with Gasteiger partial charge >= 0.3 is 0 Å². The van der Waals surface area contributed by atoms with E-state index in [1.807, 2.05) is 36.6 Å². The smallest absolute Gasteiger partial charge is 0.152 e. The van der Waals surface area contributed by atoms with Crippen LogP contribution in [-0.4, -0.2) is 46.5 Å². The van der Waals surface area contributed by atoms with Crippen LogP contribution < -0.4 is 4.74 Å². The Morgan fingerprint density at radius 1 is 1.11 bits per heavy atom. The molecule has 0 atom stereocenters. The molecule has 0 saturated carbocycles. The topological polar surface area (TPSA) is 47.4 Å². The number of nitrogens with zero attached hydrogens (tertiary/aromatic N) is 3. The van der Waals surface area contributed by atoms with E-state index in [4.69, 9.17) is 21.3 Å². The van der Waals surface area contributed by atoms with Crippen LogP contribution in [0, 0.1) is 11.7 Å². The molecule has 0 amide bonds. The first-order valence-electron chi connectivity index (χ1n) is 12.7. The predicted octanol–water partition coefficient (Wildman–Crippen LogP) is 6.76. The number of fused-ring (bicyclic) bond motifs is 1. The highest BCUT2D eigenvalue weighted by atomic mass is 35.5. The molecule has 2 heterocycles. The van der Waals surface area contributed by atoms with Crippen molar-refractivity contribution in [2.75, 3.05) is 26.2 Å². The predicted molar refractivity (Wildman–Crippen MR) is 140 cm³/mol. The Kier molecular flexibility index (Phi) is 8.79. The molecule has 1 fully saturated rings. The number of carbonyl (C=O) groups excluding carboxylic acids is 1. The largest absolute Gasteiger partial charge is 0.494 e. The first kappa shape index (κ1) is 25.6. The zero-order valence-electron chi connectivity index (χ0n) is 20.7. The fourth-order valence-electron chi connectivity index (χ4n) is 4.72. The van der Waals surface area contributed by atoms with Gasteiger partial charge in [0.2, 0.25) is 0 Å².